The topological polar surface area (TPSA) is 55.1 Å². The lowest BCUT2D eigenvalue weighted by atomic mass is 9.93. The molecule has 1 atom stereocenters. The molecule has 2 aliphatic rings. The molecule has 2 fully saturated rings. The second-order valence-corrected chi connectivity index (χ2v) is 7.15. The Morgan fingerprint density at radius 1 is 1.17 bits per heavy atom. The lowest BCUT2D eigenvalue weighted by molar-refractivity contribution is -0.0674. The molecule has 1 saturated carbocycles. The molecule has 24 heavy (non-hydrogen) atoms. The van der Waals surface area contributed by atoms with Crippen molar-refractivity contribution in [3.63, 3.8) is 0 Å². The van der Waals surface area contributed by atoms with Crippen LogP contribution in [0.2, 0.25) is 0 Å². The molecule has 5 heteroatoms. The van der Waals surface area contributed by atoms with Gasteiger partial charge in [-0.15, -0.1) is 0 Å². The van der Waals surface area contributed by atoms with Gasteiger partial charge in [0.2, 0.25) is 0 Å². The predicted molar refractivity (Wildman–Crippen MR) is 91.8 cm³/mol. The van der Waals surface area contributed by atoms with E-state index in [-0.39, 0.29) is 6.10 Å². The van der Waals surface area contributed by atoms with Crippen LogP contribution < -0.4 is 0 Å². The Morgan fingerprint density at radius 3 is 2.67 bits per heavy atom. The molecule has 0 bridgehead atoms. The molecule has 3 rings (SSSR count). The van der Waals surface area contributed by atoms with Crippen LogP contribution >= 0.6 is 0 Å². The van der Waals surface area contributed by atoms with Crippen molar-refractivity contribution >= 4 is 0 Å². The first-order chi connectivity index (χ1) is 11.8. The zero-order chi connectivity index (χ0) is 16.6. The number of hydrogen-bond donors (Lipinski definition) is 1. The summed E-state index contributed by atoms with van der Waals surface area (Å²) in [6, 6.07) is 2.58. The van der Waals surface area contributed by atoms with Gasteiger partial charge in [0.15, 0.2) is 0 Å². The van der Waals surface area contributed by atoms with Gasteiger partial charge in [-0.1, -0.05) is 19.3 Å². The normalized spacial score (nSPS) is 22.1. The van der Waals surface area contributed by atoms with Crippen molar-refractivity contribution < 1.29 is 19.0 Å². The molecule has 1 unspecified atom stereocenters. The lowest BCUT2D eigenvalue weighted by Crippen LogP contribution is -2.42. The second kappa shape index (κ2) is 9.56. The van der Waals surface area contributed by atoms with Gasteiger partial charge in [0.1, 0.15) is 0 Å². The molecule has 1 aliphatic heterocycles. The van der Waals surface area contributed by atoms with Crippen LogP contribution in [0.1, 0.15) is 50.5 Å². The molecule has 1 aromatic rings. The molecule has 2 heterocycles. The fourth-order valence-electron chi connectivity index (χ4n) is 3.82. The Kier molecular flexibility index (Phi) is 7.14. The molecule has 1 N–H and O–H groups in total. The number of furan rings is 1. The van der Waals surface area contributed by atoms with E-state index in [1.807, 2.05) is 6.07 Å². The Balaban J connectivity index is 1.49. The van der Waals surface area contributed by atoms with Crippen LogP contribution in [-0.4, -0.2) is 54.6 Å². The summed E-state index contributed by atoms with van der Waals surface area (Å²) >= 11 is 0. The third kappa shape index (κ3) is 5.59. The van der Waals surface area contributed by atoms with E-state index < -0.39 is 6.10 Å². The lowest BCUT2D eigenvalue weighted by Gasteiger charge is -2.35. The fourth-order valence-corrected chi connectivity index (χ4v) is 3.82. The number of nitrogens with zero attached hydrogens (tertiary/aromatic N) is 1. The highest BCUT2D eigenvalue weighted by Gasteiger charge is 2.24. The highest BCUT2D eigenvalue weighted by atomic mass is 16.5. The molecule has 136 valence electrons. The van der Waals surface area contributed by atoms with Crippen molar-refractivity contribution in [2.24, 2.45) is 0 Å². The van der Waals surface area contributed by atoms with Gasteiger partial charge in [-0.2, -0.15) is 0 Å². The quantitative estimate of drug-likeness (QED) is 0.790. The van der Waals surface area contributed by atoms with Crippen molar-refractivity contribution in [2.75, 3.05) is 26.4 Å². The van der Waals surface area contributed by atoms with Crippen LogP contribution in [0.15, 0.2) is 23.0 Å². The van der Waals surface area contributed by atoms with Crippen molar-refractivity contribution in [3.05, 3.63) is 24.2 Å². The summed E-state index contributed by atoms with van der Waals surface area (Å²) in [5.74, 6) is 0. The van der Waals surface area contributed by atoms with Crippen LogP contribution in [0.5, 0.6) is 0 Å². The van der Waals surface area contributed by atoms with Gasteiger partial charge in [-0.05, 0) is 31.7 Å². The average molecular weight is 337 g/mol. The second-order valence-electron chi connectivity index (χ2n) is 7.15. The van der Waals surface area contributed by atoms with Gasteiger partial charge >= 0.3 is 0 Å². The first-order valence-corrected chi connectivity index (χ1v) is 9.44. The average Bonchev–Trinajstić information content (AvgIpc) is 3.14. The minimum atomic E-state index is -0.443. The van der Waals surface area contributed by atoms with E-state index in [1.165, 1.54) is 37.7 Å². The number of aliphatic hydroxyl groups is 1. The van der Waals surface area contributed by atoms with E-state index in [2.05, 4.69) is 4.90 Å². The molecule has 0 spiro atoms. The molecular formula is C19H31NO4. The highest BCUT2D eigenvalue weighted by molar-refractivity contribution is 5.05. The summed E-state index contributed by atoms with van der Waals surface area (Å²) in [6.07, 6.45) is 11.6. The maximum atomic E-state index is 10.5. The molecule has 5 nitrogen and oxygen atoms in total. The third-order valence-corrected chi connectivity index (χ3v) is 5.19. The molecule has 1 aromatic heterocycles. The van der Waals surface area contributed by atoms with Crippen molar-refractivity contribution in [1.82, 2.24) is 4.90 Å². The Bertz CT molecular complexity index is 438. The van der Waals surface area contributed by atoms with Crippen LogP contribution in [0.25, 0.3) is 0 Å². The predicted octanol–water partition coefficient (Wildman–Crippen LogP) is 2.97. The summed E-state index contributed by atoms with van der Waals surface area (Å²) in [5.41, 5.74) is 1.18. The largest absolute Gasteiger partial charge is 0.472 e. The molecule has 1 saturated heterocycles. The molecule has 0 aromatic carbocycles. The smallest absolute Gasteiger partial charge is 0.0947 e. The fraction of sp³-hybridized carbons (Fsp3) is 0.789. The molecule has 0 radical (unpaired) electrons. The van der Waals surface area contributed by atoms with Crippen molar-refractivity contribution in [2.45, 2.75) is 69.7 Å². The van der Waals surface area contributed by atoms with E-state index in [0.717, 1.165) is 32.6 Å². The van der Waals surface area contributed by atoms with Crippen molar-refractivity contribution in [3.8, 4) is 0 Å². The van der Waals surface area contributed by atoms with Crippen LogP contribution in [0, 0.1) is 0 Å². The summed E-state index contributed by atoms with van der Waals surface area (Å²) in [7, 11) is 0. The van der Waals surface area contributed by atoms with Gasteiger partial charge < -0.3 is 19.0 Å². The molecule has 1 aliphatic carbocycles. The molecule has 0 amide bonds. The van der Waals surface area contributed by atoms with Crippen molar-refractivity contribution in [1.29, 1.82) is 0 Å². The van der Waals surface area contributed by atoms with Crippen LogP contribution in [-0.2, 0) is 16.0 Å². The van der Waals surface area contributed by atoms with E-state index in [1.54, 1.807) is 12.5 Å². The maximum absolute atomic E-state index is 10.5. The number of rotatable bonds is 8. The van der Waals surface area contributed by atoms with E-state index in [0.29, 0.717) is 19.2 Å². The Labute approximate surface area is 144 Å². The SMILES string of the molecule is OC(COC1CCOCC1)CN(Cc1ccoc1)C1CCCCC1. The Hall–Kier alpha value is -0.880. The highest BCUT2D eigenvalue weighted by Crippen LogP contribution is 2.24. The number of hydrogen-bond acceptors (Lipinski definition) is 5. The number of ether oxygens (including phenoxy) is 2. The van der Waals surface area contributed by atoms with Crippen LogP contribution in [0.3, 0.4) is 0 Å². The summed E-state index contributed by atoms with van der Waals surface area (Å²) in [5, 5.41) is 10.5. The minimum absolute atomic E-state index is 0.241. The van der Waals surface area contributed by atoms with Gasteiger partial charge in [-0.25, -0.2) is 0 Å². The van der Waals surface area contributed by atoms with E-state index in [9.17, 15) is 5.11 Å². The zero-order valence-corrected chi connectivity index (χ0v) is 14.6. The van der Waals surface area contributed by atoms with Crippen LogP contribution in [0.4, 0.5) is 0 Å². The van der Waals surface area contributed by atoms with E-state index >= 15 is 0 Å². The first-order valence-electron chi connectivity index (χ1n) is 9.44. The zero-order valence-electron chi connectivity index (χ0n) is 14.6. The summed E-state index contributed by atoms with van der Waals surface area (Å²) in [6.45, 7) is 3.47. The van der Waals surface area contributed by atoms with Gasteiger partial charge in [-0.3, -0.25) is 4.90 Å². The molecular weight excluding hydrogens is 306 g/mol. The van der Waals surface area contributed by atoms with Gasteiger partial charge in [0.05, 0.1) is 31.3 Å². The van der Waals surface area contributed by atoms with Gasteiger partial charge in [0, 0.05) is 37.9 Å². The number of aliphatic hydroxyl groups excluding tert-OH is 1. The summed E-state index contributed by atoms with van der Waals surface area (Å²) in [4.78, 5) is 2.42. The standard InChI is InChI=1S/C19H31NO4/c21-18(15-24-19-7-10-22-11-8-19)13-20(12-16-6-9-23-14-16)17-4-2-1-3-5-17/h6,9,14,17-19,21H,1-5,7-8,10-13,15H2. The Morgan fingerprint density at radius 2 is 1.96 bits per heavy atom. The summed E-state index contributed by atoms with van der Waals surface area (Å²) < 4.78 is 16.5. The van der Waals surface area contributed by atoms with Gasteiger partial charge in [0.25, 0.3) is 0 Å². The first kappa shape index (κ1) is 17.9. The van der Waals surface area contributed by atoms with E-state index in [4.69, 9.17) is 13.9 Å². The third-order valence-electron chi connectivity index (χ3n) is 5.19. The maximum Gasteiger partial charge on any atom is 0.0947 e. The minimum Gasteiger partial charge on any atom is -0.472 e. The monoisotopic (exact) mass is 337 g/mol.